The second-order valence-electron chi connectivity index (χ2n) is 6.70. The molecule has 23 heavy (non-hydrogen) atoms. The van der Waals surface area contributed by atoms with Gasteiger partial charge >= 0.3 is 0 Å². The lowest BCUT2D eigenvalue weighted by molar-refractivity contribution is 0.500. The highest BCUT2D eigenvalue weighted by Crippen LogP contribution is 2.23. The largest absolute Gasteiger partial charge is 0.355 e. The molecular weight excluding hydrogens is 282 g/mol. The molecule has 0 aliphatic heterocycles. The smallest absolute Gasteiger partial charge is 0.191 e. The van der Waals surface area contributed by atoms with Crippen molar-refractivity contribution in [2.24, 2.45) is 4.99 Å². The van der Waals surface area contributed by atoms with Crippen LogP contribution in [0.2, 0.25) is 0 Å². The van der Waals surface area contributed by atoms with E-state index in [9.17, 15) is 0 Å². The Morgan fingerprint density at radius 3 is 1.78 bits per heavy atom. The number of benzene rings is 2. The average Bonchev–Trinajstić information content (AvgIpc) is 2.55. The molecule has 122 valence electrons. The molecule has 2 rings (SSSR count). The maximum absolute atomic E-state index is 4.33. The second kappa shape index (κ2) is 7.82. The minimum Gasteiger partial charge on any atom is -0.355 e. The van der Waals surface area contributed by atoms with Crippen molar-refractivity contribution in [2.45, 2.75) is 32.2 Å². The molecule has 0 fully saturated rings. The monoisotopic (exact) mass is 309 g/mol. The van der Waals surface area contributed by atoms with Gasteiger partial charge in [-0.2, -0.15) is 0 Å². The minimum atomic E-state index is -0.0170. The third kappa shape index (κ3) is 5.44. The van der Waals surface area contributed by atoms with E-state index in [1.54, 1.807) is 7.05 Å². The van der Waals surface area contributed by atoms with E-state index in [-0.39, 0.29) is 11.5 Å². The summed E-state index contributed by atoms with van der Waals surface area (Å²) >= 11 is 0. The quantitative estimate of drug-likeness (QED) is 0.666. The van der Waals surface area contributed by atoms with E-state index in [2.05, 4.69) is 97.1 Å². The molecule has 0 aliphatic carbocycles. The van der Waals surface area contributed by atoms with Crippen molar-refractivity contribution in [1.29, 1.82) is 0 Å². The summed E-state index contributed by atoms with van der Waals surface area (Å²) in [5, 5.41) is 6.86. The summed E-state index contributed by atoms with van der Waals surface area (Å²) in [6, 6.07) is 21.2. The van der Waals surface area contributed by atoms with Gasteiger partial charge in [-0.3, -0.25) is 4.99 Å². The minimum absolute atomic E-state index is 0.0170. The highest BCUT2D eigenvalue weighted by atomic mass is 15.2. The third-order valence-electron chi connectivity index (χ3n) is 3.59. The van der Waals surface area contributed by atoms with Crippen LogP contribution >= 0.6 is 0 Å². The normalized spacial score (nSPS) is 12.3. The van der Waals surface area contributed by atoms with Gasteiger partial charge < -0.3 is 10.6 Å². The van der Waals surface area contributed by atoms with E-state index in [1.807, 2.05) is 0 Å². The molecule has 0 amide bonds. The van der Waals surface area contributed by atoms with Gasteiger partial charge in [-0.25, -0.2) is 0 Å². The fraction of sp³-hybridized carbons (Fsp3) is 0.350. The summed E-state index contributed by atoms with van der Waals surface area (Å²) < 4.78 is 0. The molecule has 0 aromatic heterocycles. The molecule has 2 aromatic carbocycles. The van der Waals surface area contributed by atoms with Gasteiger partial charge in [0.2, 0.25) is 0 Å². The maximum atomic E-state index is 4.33. The van der Waals surface area contributed by atoms with Crippen LogP contribution in [0.15, 0.2) is 65.7 Å². The lowest BCUT2D eigenvalue weighted by Crippen LogP contribution is -2.48. The van der Waals surface area contributed by atoms with E-state index in [0.29, 0.717) is 0 Å². The van der Waals surface area contributed by atoms with Gasteiger partial charge in [-0.05, 0) is 31.9 Å². The van der Waals surface area contributed by atoms with E-state index < -0.39 is 0 Å². The van der Waals surface area contributed by atoms with Crippen molar-refractivity contribution in [1.82, 2.24) is 10.6 Å². The summed E-state index contributed by atoms with van der Waals surface area (Å²) in [6.45, 7) is 7.19. The van der Waals surface area contributed by atoms with E-state index in [1.165, 1.54) is 11.1 Å². The topological polar surface area (TPSA) is 36.4 Å². The molecule has 0 atom stereocenters. The SMILES string of the molecule is CN=C(NCC(c1ccccc1)c1ccccc1)NC(C)(C)C. The molecule has 2 N–H and O–H groups in total. The molecular formula is C20H27N3. The number of hydrogen-bond acceptors (Lipinski definition) is 1. The first kappa shape index (κ1) is 17.1. The number of nitrogens with zero attached hydrogens (tertiary/aromatic N) is 1. The molecule has 0 saturated heterocycles. The molecule has 2 aromatic rings. The molecule has 0 unspecified atom stereocenters. The van der Waals surface area contributed by atoms with Crippen LogP contribution in [-0.4, -0.2) is 25.1 Å². The zero-order valence-corrected chi connectivity index (χ0v) is 14.5. The van der Waals surface area contributed by atoms with Gasteiger partial charge in [0, 0.05) is 25.0 Å². The Balaban J connectivity index is 2.16. The van der Waals surface area contributed by atoms with Crippen molar-refractivity contribution in [2.75, 3.05) is 13.6 Å². The van der Waals surface area contributed by atoms with Crippen molar-refractivity contribution >= 4 is 5.96 Å². The lowest BCUT2D eigenvalue weighted by atomic mass is 9.91. The summed E-state index contributed by atoms with van der Waals surface area (Å²) in [5.41, 5.74) is 2.59. The zero-order valence-electron chi connectivity index (χ0n) is 14.5. The van der Waals surface area contributed by atoms with Crippen molar-refractivity contribution in [3.05, 3.63) is 71.8 Å². The fourth-order valence-corrected chi connectivity index (χ4v) is 2.53. The number of guanidine groups is 1. The lowest BCUT2D eigenvalue weighted by Gasteiger charge is -2.26. The molecule has 0 aliphatic rings. The Hall–Kier alpha value is -2.29. The molecule has 0 heterocycles. The molecule has 3 heteroatoms. The van der Waals surface area contributed by atoms with Crippen LogP contribution in [0, 0.1) is 0 Å². The number of aliphatic imine (C=N–C) groups is 1. The Labute approximate surface area is 139 Å². The van der Waals surface area contributed by atoms with E-state index in [4.69, 9.17) is 0 Å². The van der Waals surface area contributed by atoms with Crippen LogP contribution in [0.5, 0.6) is 0 Å². The summed E-state index contributed by atoms with van der Waals surface area (Å²) in [7, 11) is 1.81. The predicted octanol–water partition coefficient (Wildman–Crippen LogP) is 3.78. The van der Waals surface area contributed by atoms with Crippen LogP contribution in [0.25, 0.3) is 0 Å². The fourth-order valence-electron chi connectivity index (χ4n) is 2.53. The van der Waals surface area contributed by atoms with Crippen molar-refractivity contribution in [3.8, 4) is 0 Å². The first-order valence-corrected chi connectivity index (χ1v) is 8.08. The zero-order chi connectivity index (χ0) is 16.7. The molecule has 0 radical (unpaired) electrons. The Morgan fingerprint density at radius 2 is 1.39 bits per heavy atom. The van der Waals surface area contributed by atoms with Gasteiger partial charge in [0.25, 0.3) is 0 Å². The summed E-state index contributed by atoms with van der Waals surface area (Å²) in [6.07, 6.45) is 0. The number of rotatable bonds is 4. The Bertz CT molecular complexity index is 573. The van der Waals surface area contributed by atoms with Crippen LogP contribution < -0.4 is 10.6 Å². The van der Waals surface area contributed by atoms with Crippen LogP contribution in [0.4, 0.5) is 0 Å². The van der Waals surface area contributed by atoms with Crippen LogP contribution in [0.3, 0.4) is 0 Å². The van der Waals surface area contributed by atoms with Gasteiger partial charge in [0.05, 0.1) is 0 Å². The van der Waals surface area contributed by atoms with Gasteiger partial charge in [0.1, 0.15) is 0 Å². The summed E-state index contributed by atoms with van der Waals surface area (Å²) in [4.78, 5) is 4.33. The predicted molar refractivity (Wildman–Crippen MR) is 99.0 cm³/mol. The number of nitrogens with one attached hydrogen (secondary N) is 2. The highest BCUT2D eigenvalue weighted by molar-refractivity contribution is 5.80. The maximum Gasteiger partial charge on any atom is 0.191 e. The first-order valence-electron chi connectivity index (χ1n) is 8.08. The first-order chi connectivity index (χ1) is 11.0. The van der Waals surface area contributed by atoms with Crippen LogP contribution in [0.1, 0.15) is 37.8 Å². The standard InChI is InChI=1S/C20H27N3/c1-20(2,3)23-19(21-4)22-15-18(16-11-7-5-8-12-16)17-13-9-6-10-14-17/h5-14,18H,15H2,1-4H3,(H2,21,22,23). The average molecular weight is 309 g/mol. The molecule has 0 bridgehead atoms. The Kier molecular flexibility index (Phi) is 5.80. The van der Waals surface area contributed by atoms with Gasteiger partial charge in [-0.1, -0.05) is 60.7 Å². The number of hydrogen-bond donors (Lipinski definition) is 2. The van der Waals surface area contributed by atoms with E-state index >= 15 is 0 Å². The second-order valence-corrected chi connectivity index (χ2v) is 6.70. The summed E-state index contributed by atoms with van der Waals surface area (Å²) in [5.74, 6) is 1.12. The molecule has 3 nitrogen and oxygen atoms in total. The van der Waals surface area contributed by atoms with Gasteiger partial charge in [-0.15, -0.1) is 0 Å². The Morgan fingerprint density at radius 1 is 0.913 bits per heavy atom. The van der Waals surface area contributed by atoms with Crippen LogP contribution in [-0.2, 0) is 0 Å². The van der Waals surface area contributed by atoms with Gasteiger partial charge in [0.15, 0.2) is 5.96 Å². The van der Waals surface area contributed by atoms with Crippen molar-refractivity contribution in [3.63, 3.8) is 0 Å². The van der Waals surface area contributed by atoms with E-state index in [0.717, 1.165) is 12.5 Å². The van der Waals surface area contributed by atoms with Crippen molar-refractivity contribution < 1.29 is 0 Å². The highest BCUT2D eigenvalue weighted by Gasteiger charge is 2.16. The molecule has 0 spiro atoms. The third-order valence-corrected chi connectivity index (χ3v) is 3.59. The molecule has 0 saturated carbocycles.